The van der Waals surface area contributed by atoms with Crippen LogP contribution in [0.3, 0.4) is 0 Å². The van der Waals surface area contributed by atoms with Gasteiger partial charge in [-0.05, 0) is 28.5 Å². The van der Waals surface area contributed by atoms with Gasteiger partial charge >= 0.3 is 0 Å². The first-order chi connectivity index (χ1) is 12.3. The standard InChI is InChI=1S/C24H20O/c25-24-22-14-8-7-13-20(22)17-21(15-18-9-3-1-4-10-18)23(24)16-19-11-5-2-6-12-19/h1-14,17,25H,15-16H2. The quantitative estimate of drug-likeness (QED) is 0.508. The molecule has 1 heteroatoms. The number of rotatable bonds is 4. The zero-order chi connectivity index (χ0) is 17.1. The van der Waals surface area contributed by atoms with Crippen LogP contribution in [-0.2, 0) is 12.8 Å². The number of phenols is 1. The molecule has 0 radical (unpaired) electrons. The van der Waals surface area contributed by atoms with Crippen molar-refractivity contribution in [2.45, 2.75) is 12.8 Å². The molecule has 0 saturated heterocycles. The molecule has 1 nitrogen and oxygen atoms in total. The molecule has 0 spiro atoms. The van der Waals surface area contributed by atoms with Crippen LogP contribution >= 0.6 is 0 Å². The molecule has 0 fully saturated rings. The van der Waals surface area contributed by atoms with Gasteiger partial charge in [0.2, 0.25) is 0 Å². The van der Waals surface area contributed by atoms with Crippen LogP contribution in [0.1, 0.15) is 22.3 Å². The molecule has 0 aliphatic heterocycles. The first-order valence-electron chi connectivity index (χ1n) is 8.61. The highest BCUT2D eigenvalue weighted by Crippen LogP contribution is 2.34. The third kappa shape index (κ3) is 3.27. The third-order valence-corrected chi connectivity index (χ3v) is 4.68. The van der Waals surface area contributed by atoms with E-state index in [-0.39, 0.29) is 0 Å². The summed E-state index contributed by atoms with van der Waals surface area (Å²) in [5.74, 6) is 0.410. The lowest BCUT2D eigenvalue weighted by Gasteiger charge is -2.15. The van der Waals surface area contributed by atoms with Gasteiger partial charge in [0, 0.05) is 17.4 Å². The van der Waals surface area contributed by atoms with Crippen molar-refractivity contribution < 1.29 is 5.11 Å². The lowest BCUT2D eigenvalue weighted by Crippen LogP contribution is -1.99. The van der Waals surface area contributed by atoms with Crippen molar-refractivity contribution in [3.63, 3.8) is 0 Å². The van der Waals surface area contributed by atoms with Crippen LogP contribution in [0.25, 0.3) is 10.8 Å². The Kier molecular flexibility index (Phi) is 4.22. The number of benzene rings is 4. The summed E-state index contributed by atoms with van der Waals surface area (Å²) < 4.78 is 0. The molecular weight excluding hydrogens is 304 g/mol. The Morgan fingerprint density at radius 2 is 1.16 bits per heavy atom. The van der Waals surface area contributed by atoms with Gasteiger partial charge < -0.3 is 5.11 Å². The van der Waals surface area contributed by atoms with Gasteiger partial charge in [-0.15, -0.1) is 0 Å². The molecule has 4 aromatic carbocycles. The topological polar surface area (TPSA) is 20.2 Å². The second-order valence-electron chi connectivity index (χ2n) is 6.41. The Morgan fingerprint density at radius 3 is 1.84 bits per heavy atom. The summed E-state index contributed by atoms with van der Waals surface area (Å²) in [6, 6.07) is 31.0. The maximum atomic E-state index is 11.0. The maximum Gasteiger partial charge on any atom is 0.127 e. The SMILES string of the molecule is Oc1c(Cc2ccccc2)c(Cc2ccccc2)cc2ccccc12. The number of fused-ring (bicyclic) bond motifs is 1. The lowest BCUT2D eigenvalue weighted by atomic mass is 9.91. The molecular formula is C24H20O. The summed E-state index contributed by atoms with van der Waals surface area (Å²) >= 11 is 0. The molecule has 4 rings (SSSR count). The van der Waals surface area contributed by atoms with E-state index in [1.54, 1.807) is 0 Å². The summed E-state index contributed by atoms with van der Waals surface area (Å²) in [4.78, 5) is 0. The van der Waals surface area contributed by atoms with E-state index in [0.29, 0.717) is 5.75 Å². The minimum atomic E-state index is 0.410. The highest BCUT2D eigenvalue weighted by molar-refractivity contribution is 5.90. The molecule has 122 valence electrons. The average molecular weight is 324 g/mol. The van der Waals surface area contributed by atoms with Crippen molar-refractivity contribution >= 4 is 10.8 Å². The Morgan fingerprint density at radius 1 is 0.600 bits per heavy atom. The number of hydrogen-bond acceptors (Lipinski definition) is 1. The van der Waals surface area contributed by atoms with Crippen molar-refractivity contribution in [2.24, 2.45) is 0 Å². The highest BCUT2D eigenvalue weighted by atomic mass is 16.3. The van der Waals surface area contributed by atoms with Gasteiger partial charge in [-0.3, -0.25) is 0 Å². The predicted octanol–water partition coefficient (Wildman–Crippen LogP) is 5.73. The summed E-state index contributed by atoms with van der Waals surface area (Å²) in [7, 11) is 0. The molecule has 0 unspecified atom stereocenters. The summed E-state index contributed by atoms with van der Waals surface area (Å²) in [5, 5.41) is 13.0. The molecule has 1 N–H and O–H groups in total. The Hall–Kier alpha value is -3.06. The van der Waals surface area contributed by atoms with Gasteiger partial charge in [-0.25, -0.2) is 0 Å². The molecule has 0 heterocycles. The molecule has 0 bridgehead atoms. The van der Waals surface area contributed by atoms with Crippen LogP contribution in [0.2, 0.25) is 0 Å². The van der Waals surface area contributed by atoms with Gasteiger partial charge in [0.25, 0.3) is 0 Å². The molecule has 0 amide bonds. The van der Waals surface area contributed by atoms with Crippen LogP contribution in [0.15, 0.2) is 91.0 Å². The number of phenolic OH excluding ortho intramolecular Hbond substituents is 1. The van der Waals surface area contributed by atoms with Crippen molar-refractivity contribution in [2.75, 3.05) is 0 Å². The Labute approximate surface area is 148 Å². The summed E-state index contributed by atoms with van der Waals surface area (Å²) in [5.41, 5.74) is 4.67. The molecule has 25 heavy (non-hydrogen) atoms. The fourth-order valence-corrected chi connectivity index (χ4v) is 3.40. The van der Waals surface area contributed by atoms with Crippen LogP contribution < -0.4 is 0 Å². The van der Waals surface area contributed by atoms with Crippen LogP contribution in [-0.4, -0.2) is 5.11 Å². The first kappa shape index (κ1) is 15.5. The van der Waals surface area contributed by atoms with E-state index in [0.717, 1.165) is 29.2 Å². The van der Waals surface area contributed by atoms with E-state index < -0.39 is 0 Å². The second kappa shape index (κ2) is 6.82. The fourth-order valence-electron chi connectivity index (χ4n) is 3.40. The van der Waals surface area contributed by atoms with Crippen LogP contribution in [0, 0.1) is 0 Å². The second-order valence-corrected chi connectivity index (χ2v) is 6.41. The summed E-state index contributed by atoms with van der Waals surface area (Å²) in [6.07, 6.45) is 1.56. The van der Waals surface area contributed by atoms with E-state index in [1.807, 2.05) is 42.5 Å². The largest absolute Gasteiger partial charge is 0.507 e. The van der Waals surface area contributed by atoms with E-state index >= 15 is 0 Å². The molecule has 4 aromatic rings. The number of hydrogen-bond donors (Lipinski definition) is 1. The monoisotopic (exact) mass is 324 g/mol. The minimum Gasteiger partial charge on any atom is -0.507 e. The molecule has 0 aliphatic rings. The molecule has 0 saturated carbocycles. The first-order valence-corrected chi connectivity index (χ1v) is 8.61. The zero-order valence-electron chi connectivity index (χ0n) is 14.0. The van der Waals surface area contributed by atoms with E-state index in [9.17, 15) is 5.11 Å². The average Bonchev–Trinajstić information content (AvgIpc) is 2.67. The van der Waals surface area contributed by atoms with Gasteiger partial charge in [0.15, 0.2) is 0 Å². The summed E-state index contributed by atoms with van der Waals surface area (Å²) in [6.45, 7) is 0. The van der Waals surface area contributed by atoms with Gasteiger partial charge in [-0.2, -0.15) is 0 Å². The highest BCUT2D eigenvalue weighted by Gasteiger charge is 2.13. The molecule has 0 atom stereocenters. The molecule has 0 aromatic heterocycles. The third-order valence-electron chi connectivity index (χ3n) is 4.68. The van der Waals surface area contributed by atoms with E-state index in [2.05, 4.69) is 48.5 Å². The Balaban J connectivity index is 1.85. The minimum absolute atomic E-state index is 0.410. The maximum absolute atomic E-state index is 11.0. The van der Waals surface area contributed by atoms with Crippen LogP contribution in [0.5, 0.6) is 5.75 Å². The van der Waals surface area contributed by atoms with Gasteiger partial charge in [0.1, 0.15) is 5.75 Å². The van der Waals surface area contributed by atoms with Crippen molar-refractivity contribution in [3.8, 4) is 5.75 Å². The Bertz CT molecular complexity index is 988. The normalized spacial score (nSPS) is 10.9. The fraction of sp³-hybridized carbons (Fsp3) is 0.0833. The van der Waals surface area contributed by atoms with Crippen LogP contribution in [0.4, 0.5) is 0 Å². The van der Waals surface area contributed by atoms with Crippen molar-refractivity contribution in [3.05, 3.63) is 113 Å². The number of aromatic hydroxyl groups is 1. The van der Waals surface area contributed by atoms with Gasteiger partial charge in [-0.1, -0.05) is 91.0 Å². The van der Waals surface area contributed by atoms with Crippen molar-refractivity contribution in [1.29, 1.82) is 0 Å². The predicted molar refractivity (Wildman–Crippen MR) is 104 cm³/mol. The van der Waals surface area contributed by atoms with Gasteiger partial charge in [0.05, 0.1) is 0 Å². The molecule has 0 aliphatic carbocycles. The smallest absolute Gasteiger partial charge is 0.127 e. The lowest BCUT2D eigenvalue weighted by molar-refractivity contribution is 0.475. The zero-order valence-corrected chi connectivity index (χ0v) is 14.0. The van der Waals surface area contributed by atoms with Crippen molar-refractivity contribution in [1.82, 2.24) is 0 Å². The van der Waals surface area contributed by atoms with E-state index in [1.165, 1.54) is 16.7 Å². The van der Waals surface area contributed by atoms with E-state index in [4.69, 9.17) is 0 Å².